The Morgan fingerprint density at radius 3 is 0.861 bits per heavy atom. The SMILES string of the molecule is CCCCCCCCCCCCCCCCCCCCCCCCCCCCCCCCCCCCCCCC/C=C/CCCCCCCCCCCCCCCC1CC(=O)OCC(CO)(CO)COC1=O. The van der Waals surface area contributed by atoms with Crippen LogP contribution in [0, 0.1) is 11.3 Å². The zero-order valence-corrected chi connectivity index (χ0v) is 48.5. The molecule has 0 bridgehead atoms. The fourth-order valence-corrected chi connectivity index (χ4v) is 10.9. The van der Waals surface area contributed by atoms with Gasteiger partial charge in [-0.15, -0.1) is 0 Å². The molecule has 1 atom stereocenters. The summed E-state index contributed by atoms with van der Waals surface area (Å²) in [5.74, 6) is -1.40. The molecule has 1 unspecified atom stereocenters. The predicted molar refractivity (Wildman–Crippen MR) is 311 cm³/mol. The molecule has 72 heavy (non-hydrogen) atoms. The summed E-state index contributed by atoms with van der Waals surface area (Å²) in [5, 5.41) is 19.2. The predicted octanol–water partition coefficient (Wildman–Crippen LogP) is 20.7. The summed E-state index contributed by atoms with van der Waals surface area (Å²) in [6.07, 6.45) is 80.2. The number of ether oxygens (including phenoxy) is 2. The van der Waals surface area contributed by atoms with Crippen LogP contribution in [0.15, 0.2) is 12.2 Å². The molecule has 0 saturated carbocycles. The van der Waals surface area contributed by atoms with Crippen LogP contribution < -0.4 is 0 Å². The standard InChI is InChI=1S/C66H126O6/c1-2-3-4-5-6-7-8-9-10-11-12-13-14-15-16-17-18-19-20-21-22-23-24-25-26-27-28-29-30-31-32-33-34-35-36-37-38-39-40-41-42-43-44-45-46-47-48-49-50-51-52-53-54-55-56-57-63-58-64(69)71-61-66(59-67,60-68)62-72-65(63)70/h41-42,63,67-68H,2-40,43-62H2,1H3/b42-41+. The Labute approximate surface area is 449 Å². The van der Waals surface area contributed by atoms with Crippen LogP contribution in [0.25, 0.3) is 0 Å². The second-order valence-corrected chi connectivity index (χ2v) is 23.5. The molecule has 426 valence electrons. The van der Waals surface area contributed by atoms with Crippen LogP contribution in [0.5, 0.6) is 0 Å². The van der Waals surface area contributed by atoms with Crippen molar-refractivity contribution in [2.45, 2.75) is 360 Å². The smallest absolute Gasteiger partial charge is 0.309 e. The topological polar surface area (TPSA) is 93.1 Å². The molecule has 0 aliphatic carbocycles. The maximum atomic E-state index is 12.5. The summed E-state index contributed by atoms with van der Waals surface area (Å²) in [4.78, 5) is 24.7. The monoisotopic (exact) mass is 1010 g/mol. The van der Waals surface area contributed by atoms with Crippen molar-refractivity contribution < 1.29 is 29.3 Å². The van der Waals surface area contributed by atoms with E-state index in [4.69, 9.17) is 9.47 Å². The van der Waals surface area contributed by atoms with Gasteiger partial charge in [-0.2, -0.15) is 0 Å². The Kier molecular flexibility index (Phi) is 53.2. The van der Waals surface area contributed by atoms with Crippen LogP contribution in [0.4, 0.5) is 0 Å². The van der Waals surface area contributed by atoms with Gasteiger partial charge in [-0.3, -0.25) is 9.59 Å². The van der Waals surface area contributed by atoms with E-state index in [0.717, 1.165) is 19.3 Å². The third-order valence-electron chi connectivity index (χ3n) is 16.3. The number of unbranched alkanes of at least 4 members (excludes halogenated alkanes) is 51. The minimum Gasteiger partial charge on any atom is -0.465 e. The second kappa shape index (κ2) is 55.8. The molecule has 0 aromatic heterocycles. The van der Waals surface area contributed by atoms with Crippen molar-refractivity contribution in [2.75, 3.05) is 26.4 Å². The fourth-order valence-electron chi connectivity index (χ4n) is 10.9. The number of aliphatic hydroxyl groups excluding tert-OH is 2. The van der Waals surface area contributed by atoms with Crippen molar-refractivity contribution in [3.8, 4) is 0 Å². The number of cyclic esters (lactones) is 2. The van der Waals surface area contributed by atoms with Crippen LogP contribution in [0.2, 0.25) is 0 Å². The van der Waals surface area contributed by atoms with Gasteiger partial charge in [-0.1, -0.05) is 334 Å². The highest BCUT2D eigenvalue weighted by Gasteiger charge is 2.36. The van der Waals surface area contributed by atoms with E-state index in [2.05, 4.69) is 19.1 Å². The van der Waals surface area contributed by atoms with E-state index in [1.807, 2.05) is 0 Å². The Balaban J connectivity index is 1.68. The maximum absolute atomic E-state index is 12.5. The van der Waals surface area contributed by atoms with Crippen LogP contribution in [-0.2, 0) is 19.1 Å². The van der Waals surface area contributed by atoms with E-state index in [9.17, 15) is 19.8 Å². The highest BCUT2D eigenvalue weighted by Crippen LogP contribution is 2.25. The summed E-state index contributed by atoms with van der Waals surface area (Å²) < 4.78 is 10.6. The van der Waals surface area contributed by atoms with Crippen LogP contribution >= 0.6 is 0 Å². The first-order chi connectivity index (χ1) is 35.6. The molecule has 0 spiro atoms. The largest absolute Gasteiger partial charge is 0.465 e. The second-order valence-electron chi connectivity index (χ2n) is 23.5. The fraction of sp³-hybridized carbons (Fsp3) is 0.939. The average molecular weight is 1020 g/mol. The number of carbonyl (C=O) groups excluding carboxylic acids is 2. The van der Waals surface area contributed by atoms with E-state index in [0.29, 0.717) is 6.42 Å². The Morgan fingerprint density at radius 1 is 0.361 bits per heavy atom. The lowest BCUT2D eigenvalue weighted by Crippen LogP contribution is -2.40. The van der Waals surface area contributed by atoms with Gasteiger partial charge in [-0.25, -0.2) is 0 Å². The molecule has 1 rings (SSSR count). The number of allylic oxidation sites excluding steroid dienone is 2. The van der Waals surface area contributed by atoms with Crippen LogP contribution in [-0.4, -0.2) is 48.6 Å². The number of hydrogen-bond donors (Lipinski definition) is 2. The van der Waals surface area contributed by atoms with Gasteiger partial charge in [0.2, 0.25) is 0 Å². The Morgan fingerprint density at radius 2 is 0.597 bits per heavy atom. The van der Waals surface area contributed by atoms with Crippen molar-refractivity contribution in [1.82, 2.24) is 0 Å². The lowest BCUT2D eigenvalue weighted by atomic mass is 9.92. The molecule has 0 aromatic rings. The van der Waals surface area contributed by atoms with Gasteiger partial charge >= 0.3 is 11.9 Å². The van der Waals surface area contributed by atoms with Crippen molar-refractivity contribution >= 4 is 11.9 Å². The van der Waals surface area contributed by atoms with Crippen molar-refractivity contribution in [2.24, 2.45) is 11.3 Å². The lowest BCUT2D eigenvalue weighted by Gasteiger charge is -2.27. The summed E-state index contributed by atoms with van der Waals surface area (Å²) >= 11 is 0. The van der Waals surface area contributed by atoms with E-state index in [1.165, 1.54) is 321 Å². The highest BCUT2D eigenvalue weighted by molar-refractivity contribution is 5.80. The van der Waals surface area contributed by atoms with E-state index < -0.39 is 36.5 Å². The van der Waals surface area contributed by atoms with Crippen molar-refractivity contribution in [3.63, 3.8) is 0 Å². The first-order valence-electron chi connectivity index (χ1n) is 32.8. The van der Waals surface area contributed by atoms with Gasteiger partial charge in [0, 0.05) is 0 Å². The number of carbonyl (C=O) groups is 2. The average Bonchev–Trinajstić information content (AvgIpc) is 3.45. The third-order valence-corrected chi connectivity index (χ3v) is 16.3. The number of aliphatic hydroxyl groups is 2. The summed E-state index contributed by atoms with van der Waals surface area (Å²) in [5.41, 5.74) is -1.12. The van der Waals surface area contributed by atoms with E-state index in [1.54, 1.807) is 0 Å². The summed E-state index contributed by atoms with van der Waals surface area (Å²) in [7, 11) is 0. The van der Waals surface area contributed by atoms with Gasteiger partial charge in [0.15, 0.2) is 0 Å². The highest BCUT2D eigenvalue weighted by atomic mass is 16.6. The van der Waals surface area contributed by atoms with E-state index in [-0.39, 0.29) is 19.6 Å². The first-order valence-corrected chi connectivity index (χ1v) is 32.8. The molecule has 1 aliphatic rings. The van der Waals surface area contributed by atoms with Gasteiger partial charge in [0.25, 0.3) is 0 Å². The number of esters is 2. The quantitative estimate of drug-likeness (QED) is 0.0358. The minimum atomic E-state index is -1.12. The summed E-state index contributed by atoms with van der Waals surface area (Å²) in [6.45, 7) is 1.21. The Hall–Kier alpha value is -1.40. The third kappa shape index (κ3) is 47.1. The van der Waals surface area contributed by atoms with E-state index >= 15 is 0 Å². The molecule has 6 nitrogen and oxygen atoms in total. The van der Waals surface area contributed by atoms with Gasteiger partial charge < -0.3 is 19.7 Å². The molecule has 2 N–H and O–H groups in total. The van der Waals surface area contributed by atoms with Gasteiger partial charge in [0.1, 0.15) is 13.2 Å². The minimum absolute atomic E-state index is 0.00265. The van der Waals surface area contributed by atoms with Gasteiger partial charge in [0.05, 0.1) is 31.0 Å². The lowest BCUT2D eigenvalue weighted by molar-refractivity contribution is -0.155. The molecule has 1 heterocycles. The normalized spacial score (nSPS) is 15.2. The summed E-state index contributed by atoms with van der Waals surface area (Å²) in [6, 6.07) is 0. The van der Waals surface area contributed by atoms with Crippen molar-refractivity contribution in [1.29, 1.82) is 0 Å². The number of rotatable bonds is 57. The van der Waals surface area contributed by atoms with Gasteiger partial charge in [-0.05, 0) is 32.1 Å². The van der Waals surface area contributed by atoms with Crippen LogP contribution in [0.1, 0.15) is 360 Å². The molecule has 1 fully saturated rings. The first kappa shape index (κ1) is 68.6. The molecule has 6 heteroatoms. The van der Waals surface area contributed by atoms with Crippen LogP contribution in [0.3, 0.4) is 0 Å². The number of hydrogen-bond acceptors (Lipinski definition) is 6. The zero-order valence-electron chi connectivity index (χ0n) is 48.5. The Bertz CT molecular complexity index is 1130. The van der Waals surface area contributed by atoms with Crippen molar-refractivity contribution in [3.05, 3.63) is 12.2 Å². The molecule has 0 radical (unpaired) electrons. The molecular weight excluding hydrogens is 889 g/mol. The molecule has 0 aromatic carbocycles. The molecule has 1 saturated heterocycles. The molecular formula is C66H126O6. The molecule has 0 amide bonds. The zero-order chi connectivity index (χ0) is 51.8. The maximum Gasteiger partial charge on any atom is 0.309 e. The molecule has 1 aliphatic heterocycles.